The van der Waals surface area contributed by atoms with Crippen molar-refractivity contribution >= 4 is 23.2 Å². The number of nitrogens with zero attached hydrogens (tertiary/aromatic N) is 1. The van der Waals surface area contributed by atoms with Crippen molar-refractivity contribution in [3.63, 3.8) is 0 Å². The molecule has 0 saturated carbocycles. The number of rotatable bonds is 2. The molecular formula is C16H16N2O2S. The van der Waals surface area contributed by atoms with Crippen LogP contribution in [0.4, 0.5) is 0 Å². The van der Waals surface area contributed by atoms with Crippen LogP contribution in [-0.2, 0) is 4.79 Å². The Labute approximate surface area is 127 Å². The highest BCUT2D eigenvalue weighted by Gasteiger charge is 2.35. The first-order valence-corrected chi connectivity index (χ1v) is 7.73. The van der Waals surface area contributed by atoms with Crippen molar-refractivity contribution in [1.29, 1.82) is 0 Å². The third-order valence-corrected chi connectivity index (χ3v) is 4.42. The number of benzene rings is 1. The average Bonchev–Trinajstić information content (AvgIpc) is 3.00. The molecule has 2 amide bonds. The van der Waals surface area contributed by atoms with Crippen LogP contribution in [0.15, 0.2) is 41.8 Å². The lowest BCUT2D eigenvalue weighted by Crippen LogP contribution is -2.52. The van der Waals surface area contributed by atoms with Gasteiger partial charge in [0.15, 0.2) is 0 Å². The van der Waals surface area contributed by atoms with Crippen molar-refractivity contribution in [1.82, 2.24) is 10.2 Å². The summed E-state index contributed by atoms with van der Waals surface area (Å²) >= 11 is 1.40. The summed E-state index contributed by atoms with van der Waals surface area (Å²) in [5.41, 5.74) is 1.94. The Morgan fingerprint density at radius 2 is 2.19 bits per heavy atom. The smallest absolute Gasteiger partial charge is 0.264 e. The van der Waals surface area contributed by atoms with Crippen LogP contribution in [-0.4, -0.2) is 29.8 Å². The van der Waals surface area contributed by atoms with Gasteiger partial charge in [0.25, 0.3) is 5.91 Å². The van der Waals surface area contributed by atoms with Gasteiger partial charge in [0.05, 0.1) is 4.88 Å². The van der Waals surface area contributed by atoms with Gasteiger partial charge in [-0.2, -0.15) is 0 Å². The molecule has 1 aromatic carbocycles. The molecule has 1 N–H and O–H groups in total. The highest BCUT2D eigenvalue weighted by molar-refractivity contribution is 7.12. The first-order chi connectivity index (χ1) is 10.2. The minimum Gasteiger partial charge on any atom is -0.352 e. The van der Waals surface area contributed by atoms with E-state index in [9.17, 15) is 9.59 Å². The van der Waals surface area contributed by atoms with E-state index in [4.69, 9.17) is 0 Å². The van der Waals surface area contributed by atoms with Gasteiger partial charge in [-0.1, -0.05) is 35.9 Å². The number of hydrogen-bond acceptors (Lipinski definition) is 3. The zero-order valence-corrected chi connectivity index (χ0v) is 12.5. The maximum absolute atomic E-state index is 12.6. The van der Waals surface area contributed by atoms with Gasteiger partial charge < -0.3 is 10.2 Å². The molecule has 0 bridgehead atoms. The number of aryl methyl sites for hydroxylation is 1. The predicted molar refractivity (Wildman–Crippen MR) is 82.3 cm³/mol. The highest BCUT2D eigenvalue weighted by atomic mass is 32.1. The number of carbonyl (C=O) groups is 2. The Balaban J connectivity index is 1.97. The summed E-state index contributed by atoms with van der Waals surface area (Å²) in [6, 6.07) is 10.9. The lowest BCUT2D eigenvalue weighted by molar-refractivity contribution is -0.128. The van der Waals surface area contributed by atoms with Crippen LogP contribution in [0, 0.1) is 6.92 Å². The third kappa shape index (κ3) is 2.69. The van der Waals surface area contributed by atoms with Gasteiger partial charge >= 0.3 is 0 Å². The minimum atomic E-state index is -0.548. The van der Waals surface area contributed by atoms with E-state index in [-0.39, 0.29) is 11.8 Å². The molecule has 1 aliphatic rings. The quantitative estimate of drug-likeness (QED) is 0.925. The summed E-state index contributed by atoms with van der Waals surface area (Å²) in [5.74, 6) is -0.192. The lowest BCUT2D eigenvalue weighted by Gasteiger charge is -2.35. The second-order valence-corrected chi connectivity index (χ2v) is 6.03. The molecule has 2 heterocycles. The minimum absolute atomic E-state index is 0.0774. The van der Waals surface area contributed by atoms with Crippen LogP contribution in [0.5, 0.6) is 0 Å². The Bertz CT molecular complexity index is 667. The van der Waals surface area contributed by atoms with Crippen LogP contribution in [0.1, 0.15) is 26.8 Å². The van der Waals surface area contributed by atoms with Gasteiger partial charge in [-0.15, -0.1) is 11.3 Å². The van der Waals surface area contributed by atoms with E-state index < -0.39 is 6.04 Å². The number of hydrogen-bond donors (Lipinski definition) is 1. The molecule has 1 fully saturated rings. The summed E-state index contributed by atoms with van der Waals surface area (Å²) in [7, 11) is 0. The van der Waals surface area contributed by atoms with Gasteiger partial charge in [0.1, 0.15) is 6.04 Å². The second kappa shape index (κ2) is 5.69. The van der Waals surface area contributed by atoms with Gasteiger partial charge in [0, 0.05) is 13.1 Å². The molecule has 1 aromatic heterocycles. The van der Waals surface area contributed by atoms with Crippen molar-refractivity contribution in [3.05, 3.63) is 57.8 Å². The van der Waals surface area contributed by atoms with Crippen molar-refractivity contribution in [2.75, 3.05) is 13.1 Å². The summed E-state index contributed by atoms with van der Waals surface area (Å²) in [6.07, 6.45) is 0. The second-order valence-electron chi connectivity index (χ2n) is 5.08. The Morgan fingerprint density at radius 1 is 1.33 bits per heavy atom. The molecule has 1 saturated heterocycles. The first-order valence-electron chi connectivity index (χ1n) is 6.85. The molecule has 4 nitrogen and oxygen atoms in total. The molecule has 21 heavy (non-hydrogen) atoms. The molecule has 108 valence electrons. The van der Waals surface area contributed by atoms with Crippen LogP contribution < -0.4 is 5.32 Å². The van der Waals surface area contributed by atoms with Crippen LogP contribution in [0.2, 0.25) is 0 Å². The van der Waals surface area contributed by atoms with E-state index in [0.29, 0.717) is 18.0 Å². The van der Waals surface area contributed by atoms with Crippen molar-refractivity contribution < 1.29 is 9.59 Å². The largest absolute Gasteiger partial charge is 0.352 e. The molecule has 1 atom stereocenters. The number of carbonyl (C=O) groups excluding carboxylic acids is 2. The summed E-state index contributed by atoms with van der Waals surface area (Å²) in [6.45, 7) is 3.01. The number of thiophene rings is 1. The van der Waals surface area contributed by atoms with Gasteiger partial charge in [0.2, 0.25) is 5.91 Å². The SMILES string of the molecule is Cc1cccc(C2C(=O)NCCN2C(=O)c2cccs2)c1. The molecule has 1 aliphatic heterocycles. The van der Waals surface area contributed by atoms with Crippen LogP contribution in [0.25, 0.3) is 0 Å². The number of amides is 2. The predicted octanol–water partition coefficient (Wildman–Crippen LogP) is 2.37. The summed E-state index contributed by atoms with van der Waals surface area (Å²) < 4.78 is 0. The van der Waals surface area contributed by atoms with E-state index in [1.54, 1.807) is 11.0 Å². The number of piperazine rings is 1. The lowest BCUT2D eigenvalue weighted by atomic mass is 10.0. The van der Waals surface area contributed by atoms with E-state index in [1.165, 1.54) is 11.3 Å². The van der Waals surface area contributed by atoms with Crippen molar-refractivity contribution in [3.8, 4) is 0 Å². The molecule has 0 spiro atoms. The standard InChI is InChI=1S/C16H16N2O2S/c1-11-4-2-5-12(10-11)14-15(19)17-7-8-18(14)16(20)13-6-3-9-21-13/h2-6,9-10,14H,7-8H2,1H3,(H,17,19). The monoisotopic (exact) mass is 300 g/mol. The average molecular weight is 300 g/mol. The highest BCUT2D eigenvalue weighted by Crippen LogP contribution is 2.26. The summed E-state index contributed by atoms with van der Waals surface area (Å²) in [5, 5.41) is 4.72. The summed E-state index contributed by atoms with van der Waals surface area (Å²) in [4.78, 5) is 27.3. The fourth-order valence-corrected chi connectivity index (χ4v) is 3.28. The molecule has 5 heteroatoms. The first kappa shape index (κ1) is 13.8. The molecule has 2 aromatic rings. The maximum Gasteiger partial charge on any atom is 0.264 e. The van der Waals surface area contributed by atoms with Crippen molar-refractivity contribution in [2.24, 2.45) is 0 Å². The van der Waals surface area contributed by atoms with E-state index in [1.807, 2.05) is 42.6 Å². The number of nitrogens with one attached hydrogen (secondary N) is 1. The topological polar surface area (TPSA) is 49.4 Å². The van der Waals surface area contributed by atoms with E-state index in [2.05, 4.69) is 5.32 Å². The zero-order chi connectivity index (χ0) is 14.8. The molecule has 0 aliphatic carbocycles. The van der Waals surface area contributed by atoms with E-state index in [0.717, 1.165) is 11.1 Å². The fraction of sp³-hybridized carbons (Fsp3) is 0.250. The molecular weight excluding hydrogens is 284 g/mol. The van der Waals surface area contributed by atoms with Crippen molar-refractivity contribution in [2.45, 2.75) is 13.0 Å². The Morgan fingerprint density at radius 3 is 2.90 bits per heavy atom. The van der Waals surface area contributed by atoms with Gasteiger partial charge in [-0.3, -0.25) is 9.59 Å². The Kier molecular flexibility index (Phi) is 3.75. The Hall–Kier alpha value is -2.14. The van der Waals surface area contributed by atoms with Crippen LogP contribution >= 0.6 is 11.3 Å². The molecule has 3 rings (SSSR count). The van der Waals surface area contributed by atoms with E-state index >= 15 is 0 Å². The third-order valence-electron chi connectivity index (χ3n) is 3.56. The van der Waals surface area contributed by atoms with Gasteiger partial charge in [-0.25, -0.2) is 0 Å². The normalized spacial score (nSPS) is 18.4. The molecule has 0 radical (unpaired) electrons. The fourth-order valence-electron chi connectivity index (χ4n) is 2.60. The zero-order valence-electron chi connectivity index (χ0n) is 11.7. The van der Waals surface area contributed by atoms with Gasteiger partial charge in [-0.05, 0) is 23.9 Å². The maximum atomic E-state index is 12.6. The molecule has 1 unspecified atom stereocenters. The van der Waals surface area contributed by atoms with Crippen LogP contribution in [0.3, 0.4) is 0 Å².